The molecule has 17 heavy (non-hydrogen) atoms. The second kappa shape index (κ2) is 4.92. The molecule has 0 radical (unpaired) electrons. The number of nitrogens with one attached hydrogen (secondary N) is 1. The minimum atomic E-state index is 0.633. The third-order valence-corrected chi connectivity index (χ3v) is 4.40. The highest BCUT2D eigenvalue weighted by atomic mass is 79.9. The first kappa shape index (κ1) is 11.4. The van der Waals surface area contributed by atoms with E-state index in [2.05, 4.69) is 44.4 Å². The quantitative estimate of drug-likeness (QED) is 0.941. The number of aromatic nitrogens is 1. The summed E-state index contributed by atoms with van der Waals surface area (Å²) in [4.78, 5) is 4.57. The van der Waals surface area contributed by atoms with Gasteiger partial charge in [0, 0.05) is 23.5 Å². The summed E-state index contributed by atoms with van der Waals surface area (Å²) in [5.74, 6) is 0.633. The predicted octanol–water partition coefficient (Wildman–Crippen LogP) is 3.51. The van der Waals surface area contributed by atoms with Crippen LogP contribution < -0.4 is 5.32 Å². The molecule has 1 saturated heterocycles. The molecule has 3 nitrogen and oxygen atoms in total. The highest BCUT2D eigenvalue weighted by Crippen LogP contribution is 2.28. The van der Waals surface area contributed by atoms with Crippen molar-refractivity contribution in [1.82, 2.24) is 4.98 Å². The molecular formula is C12H13BrN2OS. The fourth-order valence-corrected chi connectivity index (χ4v) is 3.15. The van der Waals surface area contributed by atoms with Gasteiger partial charge in [0.25, 0.3) is 0 Å². The molecule has 1 aromatic heterocycles. The SMILES string of the molecule is Brc1ccc2sc(NCC3CCOC3)nc2c1. The molecule has 1 unspecified atom stereocenters. The first-order valence-electron chi connectivity index (χ1n) is 5.69. The number of anilines is 1. The zero-order valence-corrected chi connectivity index (χ0v) is 11.7. The molecule has 1 fully saturated rings. The summed E-state index contributed by atoms with van der Waals surface area (Å²) in [6, 6.07) is 6.20. The number of halogens is 1. The third-order valence-electron chi connectivity index (χ3n) is 2.92. The maximum absolute atomic E-state index is 5.36. The molecule has 0 amide bonds. The van der Waals surface area contributed by atoms with Gasteiger partial charge in [-0.1, -0.05) is 27.3 Å². The summed E-state index contributed by atoms with van der Waals surface area (Å²) in [6.45, 7) is 2.74. The van der Waals surface area contributed by atoms with Crippen LogP contribution in [0.5, 0.6) is 0 Å². The Bertz CT molecular complexity index is 522. The maximum atomic E-state index is 5.36. The van der Waals surface area contributed by atoms with Crippen molar-refractivity contribution in [3.8, 4) is 0 Å². The van der Waals surface area contributed by atoms with Crippen molar-refractivity contribution in [3.63, 3.8) is 0 Å². The van der Waals surface area contributed by atoms with Crippen LogP contribution in [-0.2, 0) is 4.74 Å². The van der Waals surface area contributed by atoms with Gasteiger partial charge in [-0.25, -0.2) is 4.98 Å². The standard InChI is InChI=1S/C12H13BrN2OS/c13-9-1-2-11-10(5-9)15-12(17-11)14-6-8-3-4-16-7-8/h1-2,5,8H,3-4,6-7H2,(H,14,15). The Kier molecular flexibility index (Phi) is 3.31. The molecule has 1 aliphatic heterocycles. The van der Waals surface area contributed by atoms with Gasteiger partial charge in [-0.05, 0) is 24.6 Å². The number of thiazole rings is 1. The van der Waals surface area contributed by atoms with Crippen LogP contribution in [0, 0.1) is 5.92 Å². The number of ether oxygens (including phenoxy) is 1. The minimum Gasteiger partial charge on any atom is -0.381 e. The average molecular weight is 313 g/mol. The lowest BCUT2D eigenvalue weighted by atomic mass is 10.1. The number of hydrogen-bond donors (Lipinski definition) is 1. The molecule has 2 aromatic rings. The van der Waals surface area contributed by atoms with Crippen molar-refractivity contribution in [2.24, 2.45) is 5.92 Å². The molecule has 5 heteroatoms. The van der Waals surface area contributed by atoms with E-state index in [4.69, 9.17) is 4.74 Å². The van der Waals surface area contributed by atoms with Crippen LogP contribution in [0.2, 0.25) is 0 Å². The van der Waals surface area contributed by atoms with Gasteiger partial charge in [0.1, 0.15) is 0 Å². The van der Waals surface area contributed by atoms with Crippen molar-refractivity contribution >= 4 is 42.6 Å². The van der Waals surface area contributed by atoms with Crippen molar-refractivity contribution in [3.05, 3.63) is 22.7 Å². The van der Waals surface area contributed by atoms with Crippen molar-refractivity contribution in [1.29, 1.82) is 0 Å². The normalized spacial score (nSPS) is 19.9. The Morgan fingerprint density at radius 3 is 3.29 bits per heavy atom. The number of hydrogen-bond acceptors (Lipinski definition) is 4. The summed E-state index contributed by atoms with van der Waals surface area (Å²) < 4.78 is 7.65. The van der Waals surface area contributed by atoms with Crippen LogP contribution in [0.3, 0.4) is 0 Å². The topological polar surface area (TPSA) is 34.1 Å². The van der Waals surface area contributed by atoms with Crippen LogP contribution in [0.25, 0.3) is 10.2 Å². The molecule has 0 aliphatic carbocycles. The van der Waals surface area contributed by atoms with Gasteiger partial charge < -0.3 is 10.1 Å². The highest BCUT2D eigenvalue weighted by Gasteiger charge is 2.15. The van der Waals surface area contributed by atoms with E-state index >= 15 is 0 Å². The van der Waals surface area contributed by atoms with Crippen molar-refractivity contribution in [2.45, 2.75) is 6.42 Å². The third kappa shape index (κ3) is 2.61. The number of benzene rings is 1. The molecule has 0 bridgehead atoms. The first-order chi connectivity index (χ1) is 8.31. The van der Waals surface area contributed by atoms with Gasteiger partial charge >= 0.3 is 0 Å². The Balaban J connectivity index is 1.72. The summed E-state index contributed by atoms with van der Waals surface area (Å²) in [5, 5.41) is 4.41. The summed E-state index contributed by atoms with van der Waals surface area (Å²) >= 11 is 5.17. The van der Waals surface area contributed by atoms with E-state index in [0.29, 0.717) is 5.92 Å². The Labute approximate surface area is 112 Å². The second-order valence-corrected chi connectivity index (χ2v) is 6.19. The summed E-state index contributed by atoms with van der Waals surface area (Å²) in [7, 11) is 0. The van der Waals surface area contributed by atoms with Gasteiger partial charge in [0.05, 0.1) is 16.8 Å². The average Bonchev–Trinajstić information content (AvgIpc) is 2.94. The Morgan fingerprint density at radius 1 is 1.53 bits per heavy atom. The van der Waals surface area contributed by atoms with E-state index in [1.54, 1.807) is 11.3 Å². The van der Waals surface area contributed by atoms with Crippen LogP contribution in [-0.4, -0.2) is 24.7 Å². The fraction of sp³-hybridized carbons (Fsp3) is 0.417. The lowest BCUT2D eigenvalue weighted by Crippen LogP contribution is -2.13. The second-order valence-electron chi connectivity index (χ2n) is 4.24. The Hall–Kier alpha value is -0.650. The van der Waals surface area contributed by atoms with Crippen LogP contribution in [0.4, 0.5) is 5.13 Å². The summed E-state index contributed by atoms with van der Waals surface area (Å²) in [5.41, 5.74) is 1.05. The largest absolute Gasteiger partial charge is 0.381 e. The van der Waals surface area contributed by atoms with Crippen molar-refractivity contribution < 1.29 is 4.74 Å². The number of rotatable bonds is 3. The van der Waals surface area contributed by atoms with E-state index in [1.165, 1.54) is 4.70 Å². The number of fused-ring (bicyclic) bond motifs is 1. The van der Waals surface area contributed by atoms with Gasteiger partial charge in [-0.3, -0.25) is 0 Å². The summed E-state index contributed by atoms with van der Waals surface area (Å²) in [6.07, 6.45) is 1.16. The van der Waals surface area contributed by atoms with Crippen LogP contribution in [0.15, 0.2) is 22.7 Å². The predicted molar refractivity (Wildman–Crippen MR) is 74.7 cm³/mol. The zero-order chi connectivity index (χ0) is 11.7. The Morgan fingerprint density at radius 2 is 2.47 bits per heavy atom. The number of nitrogens with zero attached hydrogens (tertiary/aromatic N) is 1. The van der Waals surface area contributed by atoms with E-state index in [0.717, 1.165) is 41.3 Å². The maximum Gasteiger partial charge on any atom is 0.183 e. The molecule has 3 rings (SSSR count). The molecule has 1 N–H and O–H groups in total. The lowest BCUT2D eigenvalue weighted by molar-refractivity contribution is 0.187. The fourth-order valence-electron chi connectivity index (χ4n) is 1.95. The van der Waals surface area contributed by atoms with Gasteiger partial charge in [0.15, 0.2) is 5.13 Å². The molecule has 90 valence electrons. The van der Waals surface area contributed by atoms with E-state index in [9.17, 15) is 0 Å². The van der Waals surface area contributed by atoms with Gasteiger partial charge in [-0.15, -0.1) is 0 Å². The minimum absolute atomic E-state index is 0.633. The highest BCUT2D eigenvalue weighted by molar-refractivity contribution is 9.10. The molecule has 1 aromatic carbocycles. The zero-order valence-electron chi connectivity index (χ0n) is 9.28. The van der Waals surface area contributed by atoms with Crippen LogP contribution >= 0.6 is 27.3 Å². The molecule has 1 aliphatic rings. The molecule has 1 atom stereocenters. The van der Waals surface area contributed by atoms with E-state index < -0.39 is 0 Å². The van der Waals surface area contributed by atoms with E-state index in [-0.39, 0.29) is 0 Å². The first-order valence-corrected chi connectivity index (χ1v) is 7.30. The molecule has 0 spiro atoms. The molecule has 0 saturated carbocycles. The smallest absolute Gasteiger partial charge is 0.183 e. The lowest BCUT2D eigenvalue weighted by Gasteiger charge is -2.07. The van der Waals surface area contributed by atoms with Crippen LogP contribution in [0.1, 0.15) is 6.42 Å². The van der Waals surface area contributed by atoms with Gasteiger partial charge in [0.2, 0.25) is 0 Å². The van der Waals surface area contributed by atoms with Gasteiger partial charge in [-0.2, -0.15) is 0 Å². The molecule has 2 heterocycles. The van der Waals surface area contributed by atoms with Crippen molar-refractivity contribution in [2.75, 3.05) is 25.1 Å². The monoisotopic (exact) mass is 312 g/mol. The van der Waals surface area contributed by atoms with E-state index in [1.807, 2.05) is 0 Å². The molecular weight excluding hydrogens is 300 g/mol.